The van der Waals surface area contributed by atoms with E-state index in [1.54, 1.807) is 0 Å². The zero-order valence-electron chi connectivity index (χ0n) is 17.3. The Kier molecular flexibility index (Phi) is 7.35. The summed E-state index contributed by atoms with van der Waals surface area (Å²) in [5.74, 6) is -0.390. The van der Waals surface area contributed by atoms with Crippen molar-refractivity contribution in [2.24, 2.45) is 0 Å². The van der Waals surface area contributed by atoms with Gasteiger partial charge in [-0.3, -0.25) is 29.1 Å². The van der Waals surface area contributed by atoms with Gasteiger partial charge in [0.05, 0.1) is 25.4 Å². The molecule has 0 N–H and O–H groups in total. The Bertz CT molecular complexity index is 726. The van der Waals surface area contributed by atoms with Crippen LogP contribution in [0.25, 0.3) is 0 Å². The Morgan fingerprint density at radius 3 is 2.10 bits per heavy atom. The Morgan fingerprint density at radius 1 is 0.897 bits per heavy atom. The van der Waals surface area contributed by atoms with Gasteiger partial charge in [-0.1, -0.05) is 18.2 Å². The van der Waals surface area contributed by atoms with Crippen molar-refractivity contribution in [1.82, 2.24) is 14.7 Å². The fraction of sp³-hybridized carbons (Fsp3) is 0.571. The minimum Gasteiger partial charge on any atom is -0.378 e. The monoisotopic (exact) mass is 402 g/mol. The number of anilines is 1. The van der Waals surface area contributed by atoms with E-state index in [4.69, 9.17) is 4.74 Å². The number of amides is 3. The molecule has 2 saturated heterocycles. The quantitative estimate of drug-likeness (QED) is 0.717. The minimum atomic E-state index is -0.281. The number of hydrogen-bond acceptors (Lipinski definition) is 6. The van der Waals surface area contributed by atoms with Crippen molar-refractivity contribution in [3.05, 3.63) is 29.8 Å². The van der Waals surface area contributed by atoms with E-state index < -0.39 is 0 Å². The molecule has 1 aromatic rings. The predicted octanol–water partition coefficient (Wildman–Crippen LogP) is 0.562. The van der Waals surface area contributed by atoms with Gasteiger partial charge < -0.3 is 9.64 Å². The second-order valence-electron chi connectivity index (χ2n) is 7.55. The van der Waals surface area contributed by atoms with Crippen LogP contribution in [0.4, 0.5) is 5.69 Å². The topological polar surface area (TPSA) is 73.4 Å². The van der Waals surface area contributed by atoms with Crippen molar-refractivity contribution in [1.29, 1.82) is 0 Å². The van der Waals surface area contributed by atoms with Crippen LogP contribution in [0.3, 0.4) is 0 Å². The average molecular weight is 402 g/mol. The van der Waals surface area contributed by atoms with E-state index in [1.165, 1.54) is 18.7 Å². The molecule has 0 aliphatic carbocycles. The number of hydrogen-bond donors (Lipinski definition) is 0. The first kappa shape index (κ1) is 21.4. The Balaban J connectivity index is 1.55. The maximum absolute atomic E-state index is 12.4. The van der Waals surface area contributed by atoms with Gasteiger partial charge in [0.15, 0.2) is 0 Å². The summed E-state index contributed by atoms with van der Waals surface area (Å²) in [7, 11) is 0. The van der Waals surface area contributed by atoms with Gasteiger partial charge >= 0.3 is 0 Å². The molecule has 0 aromatic heterocycles. The van der Waals surface area contributed by atoms with Gasteiger partial charge in [-0.05, 0) is 11.6 Å². The van der Waals surface area contributed by atoms with Crippen LogP contribution in [0.2, 0.25) is 0 Å². The fourth-order valence-corrected chi connectivity index (χ4v) is 3.87. The highest BCUT2D eigenvalue weighted by atomic mass is 16.5. The van der Waals surface area contributed by atoms with Gasteiger partial charge in [0.25, 0.3) is 0 Å². The Hall–Kier alpha value is -2.29. The van der Waals surface area contributed by atoms with Crippen LogP contribution < -0.4 is 4.90 Å². The molecule has 0 radical (unpaired) electrons. The van der Waals surface area contributed by atoms with Crippen LogP contribution >= 0.6 is 0 Å². The van der Waals surface area contributed by atoms with Crippen LogP contribution in [0.5, 0.6) is 0 Å². The van der Waals surface area contributed by atoms with Gasteiger partial charge in [-0.15, -0.1) is 0 Å². The molecule has 158 valence electrons. The summed E-state index contributed by atoms with van der Waals surface area (Å²) < 4.78 is 5.31. The molecule has 0 unspecified atom stereocenters. The van der Waals surface area contributed by atoms with Gasteiger partial charge in [0.1, 0.15) is 0 Å². The summed E-state index contributed by atoms with van der Waals surface area (Å²) in [5, 5.41) is 0. The van der Waals surface area contributed by atoms with E-state index in [2.05, 4.69) is 9.80 Å². The number of benzene rings is 1. The second kappa shape index (κ2) is 9.96. The van der Waals surface area contributed by atoms with E-state index in [0.29, 0.717) is 45.1 Å². The smallest absolute Gasteiger partial charge is 0.236 e. The molecule has 8 heteroatoms. The largest absolute Gasteiger partial charge is 0.378 e. The number of rotatable bonds is 5. The van der Waals surface area contributed by atoms with Gasteiger partial charge in [0.2, 0.25) is 17.7 Å². The molecule has 1 aromatic carbocycles. The maximum Gasteiger partial charge on any atom is 0.236 e. The lowest BCUT2D eigenvalue weighted by molar-refractivity contribution is -0.137. The number of carbonyl (C=O) groups is 3. The summed E-state index contributed by atoms with van der Waals surface area (Å²) in [4.78, 5) is 43.9. The van der Waals surface area contributed by atoms with Gasteiger partial charge in [0, 0.05) is 59.7 Å². The average Bonchev–Trinajstić information content (AvgIpc) is 2.71. The molecule has 3 amide bonds. The van der Waals surface area contributed by atoms with Crippen LogP contribution in [0.1, 0.15) is 19.4 Å². The van der Waals surface area contributed by atoms with Crippen molar-refractivity contribution >= 4 is 23.4 Å². The lowest BCUT2D eigenvalue weighted by Crippen LogP contribution is -2.51. The Labute approximate surface area is 172 Å². The molecular formula is C21H30N4O4. The molecule has 29 heavy (non-hydrogen) atoms. The zero-order valence-corrected chi connectivity index (χ0v) is 17.3. The standard InChI is InChI=1S/C21H30N4O4/c1-17(26)25(18(2)27)20-6-4-3-5-19(20)15-22-7-9-23(10-8-22)16-21(28)24-11-13-29-14-12-24/h3-6H,7-16H2,1-2H3. The minimum absolute atomic E-state index is 0.172. The van der Waals surface area contributed by atoms with E-state index in [1.807, 2.05) is 29.2 Å². The highest BCUT2D eigenvalue weighted by Crippen LogP contribution is 2.23. The first-order valence-corrected chi connectivity index (χ1v) is 10.1. The third-order valence-corrected chi connectivity index (χ3v) is 5.44. The first-order valence-electron chi connectivity index (χ1n) is 10.1. The fourth-order valence-electron chi connectivity index (χ4n) is 3.87. The molecule has 3 rings (SSSR count). The van der Waals surface area contributed by atoms with Crippen LogP contribution in [-0.4, -0.2) is 91.4 Å². The molecule has 0 bridgehead atoms. The lowest BCUT2D eigenvalue weighted by atomic mass is 10.1. The summed E-state index contributed by atoms with van der Waals surface area (Å²) >= 11 is 0. The molecule has 2 heterocycles. The second-order valence-corrected chi connectivity index (χ2v) is 7.55. The molecule has 2 fully saturated rings. The number of ether oxygens (including phenoxy) is 1. The molecule has 0 atom stereocenters. The first-order chi connectivity index (χ1) is 14.0. The van der Waals surface area contributed by atoms with Crippen molar-refractivity contribution < 1.29 is 19.1 Å². The van der Waals surface area contributed by atoms with Gasteiger partial charge in [-0.2, -0.15) is 0 Å². The number of imide groups is 1. The Morgan fingerprint density at radius 2 is 1.48 bits per heavy atom. The summed E-state index contributed by atoms with van der Waals surface area (Å²) in [6.45, 7) is 9.85. The number of piperazine rings is 1. The third kappa shape index (κ3) is 5.62. The SMILES string of the molecule is CC(=O)N(C(C)=O)c1ccccc1CN1CCN(CC(=O)N2CCOCC2)CC1. The van der Waals surface area contributed by atoms with Crippen LogP contribution in [-0.2, 0) is 25.7 Å². The van der Waals surface area contributed by atoms with Crippen molar-refractivity contribution in [2.75, 3.05) is 63.9 Å². The summed E-state index contributed by atoms with van der Waals surface area (Å²) in [6, 6.07) is 7.54. The van der Waals surface area contributed by atoms with Crippen molar-refractivity contribution in [2.45, 2.75) is 20.4 Å². The number of para-hydroxylation sites is 1. The third-order valence-electron chi connectivity index (χ3n) is 5.44. The van der Waals surface area contributed by atoms with E-state index >= 15 is 0 Å². The van der Waals surface area contributed by atoms with E-state index in [-0.39, 0.29) is 17.7 Å². The summed E-state index contributed by atoms with van der Waals surface area (Å²) in [6.07, 6.45) is 0. The molecule has 2 aliphatic rings. The molecule has 0 spiro atoms. The molecular weight excluding hydrogens is 372 g/mol. The predicted molar refractivity (Wildman–Crippen MR) is 109 cm³/mol. The number of carbonyl (C=O) groups excluding carboxylic acids is 3. The van der Waals surface area contributed by atoms with Crippen LogP contribution in [0, 0.1) is 0 Å². The van der Waals surface area contributed by atoms with Crippen LogP contribution in [0.15, 0.2) is 24.3 Å². The molecule has 0 saturated carbocycles. The molecule has 8 nitrogen and oxygen atoms in total. The lowest BCUT2D eigenvalue weighted by Gasteiger charge is -2.36. The molecule has 2 aliphatic heterocycles. The van der Waals surface area contributed by atoms with E-state index in [0.717, 1.165) is 31.7 Å². The van der Waals surface area contributed by atoms with Gasteiger partial charge in [-0.25, -0.2) is 0 Å². The van der Waals surface area contributed by atoms with Crippen molar-refractivity contribution in [3.63, 3.8) is 0 Å². The number of nitrogens with zero attached hydrogens (tertiary/aromatic N) is 4. The van der Waals surface area contributed by atoms with Crippen molar-refractivity contribution in [3.8, 4) is 0 Å². The number of morpholine rings is 1. The maximum atomic E-state index is 12.4. The summed E-state index contributed by atoms with van der Waals surface area (Å²) in [5.41, 5.74) is 1.60. The zero-order chi connectivity index (χ0) is 20.8. The van der Waals surface area contributed by atoms with E-state index in [9.17, 15) is 14.4 Å². The highest BCUT2D eigenvalue weighted by Gasteiger charge is 2.25. The highest BCUT2D eigenvalue weighted by molar-refractivity contribution is 6.13. The normalized spacial score (nSPS) is 18.5.